The van der Waals surface area contributed by atoms with Crippen LogP contribution in [0.4, 0.5) is 18.0 Å². The number of imidazole rings is 1. The molecule has 2 heterocycles. The molecular formula is C24H34F3N5O8. The summed E-state index contributed by atoms with van der Waals surface area (Å²) in [5.74, 6) is -9.92. The zero-order chi connectivity index (χ0) is 30.9. The highest BCUT2D eigenvalue weighted by Gasteiger charge is 2.56. The molecule has 16 heteroatoms. The third-order valence-electron chi connectivity index (χ3n) is 7.04. The monoisotopic (exact) mass is 577 g/mol. The van der Waals surface area contributed by atoms with Gasteiger partial charge in [0.25, 0.3) is 11.7 Å². The third-order valence-corrected chi connectivity index (χ3v) is 7.04. The summed E-state index contributed by atoms with van der Waals surface area (Å²) in [5, 5.41) is 19.1. The maximum absolute atomic E-state index is 14.0. The number of hydrogen-bond acceptors (Lipinski definition) is 8. The summed E-state index contributed by atoms with van der Waals surface area (Å²) in [6.07, 6.45) is -3.73. The van der Waals surface area contributed by atoms with Crippen molar-refractivity contribution in [3.8, 4) is 5.88 Å². The topological polar surface area (TPSA) is 185 Å². The minimum Gasteiger partial charge on any atom is -0.493 e. The van der Waals surface area contributed by atoms with Crippen LogP contribution in [0.15, 0.2) is 11.0 Å². The molecule has 1 aromatic heterocycles. The molecule has 1 fully saturated rings. The largest absolute Gasteiger partial charge is 0.493 e. The molecule has 3 atom stereocenters. The van der Waals surface area contributed by atoms with Crippen molar-refractivity contribution < 1.29 is 47.4 Å². The Morgan fingerprint density at radius 1 is 1.12 bits per heavy atom. The molecule has 0 aliphatic carbocycles. The number of rotatable bonds is 10. The smallest absolute Gasteiger partial charge is 0.452 e. The lowest BCUT2D eigenvalue weighted by molar-refractivity contribution is -0.179. The second-order valence-corrected chi connectivity index (χ2v) is 10.5. The molecule has 1 aromatic rings. The van der Waals surface area contributed by atoms with Crippen LogP contribution < -0.4 is 11.4 Å². The predicted molar refractivity (Wildman–Crippen MR) is 132 cm³/mol. The number of aromatic hydroxyl groups is 1. The van der Waals surface area contributed by atoms with E-state index >= 15 is 0 Å². The number of hydrogen-bond donors (Lipinski definition) is 3. The van der Waals surface area contributed by atoms with Crippen molar-refractivity contribution in [1.82, 2.24) is 18.9 Å². The number of carbonyl (C=O) groups excluding carboxylic acids is 4. The van der Waals surface area contributed by atoms with Gasteiger partial charge in [-0.2, -0.15) is 13.2 Å². The number of aromatic nitrogens is 2. The van der Waals surface area contributed by atoms with Gasteiger partial charge in [0.15, 0.2) is 11.3 Å². The van der Waals surface area contributed by atoms with Crippen molar-refractivity contribution in [3.05, 3.63) is 16.7 Å². The van der Waals surface area contributed by atoms with E-state index in [-0.39, 0.29) is 11.4 Å². The van der Waals surface area contributed by atoms with Crippen LogP contribution in [0, 0.1) is 11.8 Å². The number of Topliss-reactive ketones (excluding diaryl/α,β-unsaturated/α-hetero) is 2. The van der Waals surface area contributed by atoms with E-state index in [4.69, 9.17) is 10.8 Å². The van der Waals surface area contributed by atoms with Gasteiger partial charge >= 0.3 is 23.9 Å². The summed E-state index contributed by atoms with van der Waals surface area (Å²) in [4.78, 5) is 78.5. The first-order chi connectivity index (χ1) is 18.3. The number of urea groups is 1. The Kier molecular flexibility index (Phi) is 9.61. The number of alkyl halides is 3. The van der Waals surface area contributed by atoms with Crippen molar-refractivity contribution in [1.29, 1.82) is 0 Å². The Hall–Kier alpha value is -3.69. The van der Waals surface area contributed by atoms with E-state index < -0.39 is 89.8 Å². The number of carbonyl (C=O) groups is 5. The van der Waals surface area contributed by atoms with Gasteiger partial charge in [-0.05, 0) is 31.6 Å². The Morgan fingerprint density at radius 2 is 1.70 bits per heavy atom. The van der Waals surface area contributed by atoms with Crippen LogP contribution in [0.3, 0.4) is 0 Å². The molecule has 1 aliphatic rings. The van der Waals surface area contributed by atoms with Crippen molar-refractivity contribution in [2.75, 3.05) is 6.54 Å². The molecule has 0 unspecified atom stereocenters. The molecule has 0 radical (unpaired) electrons. The minimum atomic E-state index is -5.43. The number of halogens is 3. The molecule has 40 heavy (non-hydrogen) atoms. The third kappa shape index (κ3) is 6.21. The van der Waals surface area contributed by atoms with E-state index in [1.807, 2.05) is 0 Å². The Bertz CT molecular complexity index is 1240. The van der Waals surface area contributed by atoms with Gasteiger partial charge in [0.1, 0.15) is 12.6 Å². The van der Waals surface area contributed by atoms with Crippen molar-refractivity contribution in [2.24, 2.45) is 17.6 Å². The number of imide groups is 1. The predicted octanol–water partition coefficient (Wildman–Crippen LogP) is 0.952. The number of nitrogens with zero attached hydrogens (tertiary/aromatic N) is 4. The summed E-state index contributed by atoms with van der Waals surface area (Å²) >= 11 is 0. The lowest BCUT2D eigenvalue weighted by Crippen LogP contribution is -2.70. The maximum atomic E-state index is 14.0. The molecule has 1 saturated heterocycles. The molecule has 13 nitrogen and oxygen atoms in total. The van der Waals surface area contributed by atoms with Crippen LogP contribution in [-0.2, 0) is 32.3 Å². The fourth-order valence-electron chi connectivity index (χ4n) is 4.66. The van der Waals surface area contributed by atoms with Crippen LogP contribution in [-0.4, -0.2) is 89.0 Å². The van der Waals surface area contributed by atoms with Gasteiger partial charge in [-0.3, -0.25) is 33.2 Å². The number of carboxylic acid groups (broad SMARTS) is 1. The van der Waals surface area contributed by atoms with Crippen LogP contribution in [0.25, 0.3) is 0 Å². The highest BCUT2D eigenvalue weighted by atomic mass is 19.4. The summed E-state index contributed by atoms with van der Waals surface area (Å²) in [7, 11) is 0. The summed E-state index contributed by atoms with van der Waals surface area (Å²) in [6.45, 7) is 4.72. The molecule has 0 spiro atoms. The first kappa shape index (κ1) is 32.5. The first-order valence-corrected chi connectivity index (χ1v) is 12.5. The van der Waals surface area contributed by atoms with Gasteiger partial charge in [-0.15, -0.1) is 0 Å². The van der Waals surface area contributed by atoms with Crippen LogP contribution in [0.5, 0.6) is 5.88 Å². The fraction of sp³-hybridized carbons (Fsp3) is 0.667. The van der Waals surface area contributed by atoms with Gasteiger partial charge in [-0.1, -0.05) is 27.7 Å². The molecule has 3 amide bonds. The van der Waals surface area contributed by atoms with E-state index in [1.165, 1.54) is 27.7 Å². The van der Waals surface area contributed by atoms with Crippen LogP contribution in [0.2, 0.25) is 0 Å². The average Bonchev–Trinajstić information content (AvgIpc) is 3.37. The second-order valence-electron chi connectivity index (χ2n) is 10.5. The average molecular weight is 578 g/mol. The van der Waals surface area contributed by atoms with Gasteiger partial charge in [0.05, 0.1) is 12.7 Å². The van der Waals surface area contributed by atoms with Crippen LogP contribution in [0.1, 0.15) is 47.5 Å². The zero-order valence-electron chi connectivity index (χ0n) is 22.8. The molecule has 4 N–H and O–H groups in total. The second kappa shape index (κ2) is 11.8. The summed E-state index contributed by atoms with van der Waals surface area (Å²) in [6, 6.07) is -4.06. The van der Waals surface area contributed by atoms with E-state index in [2.05, 4.69) is 0 Å². The fourth-order valence-corrected chi connectivity index (χ4v) is 4.66. The normalized spacial score (nSPS) is 18.1. The van der Waals surface area contributed by atoms with E-state index in [1.54, 1.807) is 6.92 Å². The van der Waals surface area contributed by atoms with E-state index in [0.29, 0.717) is 22.0 Å². The highest BCUT2D eigenvalue weighted by Crippen LogP contribution is 2.31. The molecule has 1 aliphatic heterocycles. The Labute approximate surface area is 227 Å². The molecule has 0 saturated carbocycles. The number of nitrogens with two attached hydrogens (primary N) is 1. The molecule has 224 valence electrons. The first-order valence-electron chi connectivity index (χ1n) is 12.5. The Morgan fingerprint density at radius 3 is 2.12 bits per heavy atom. The van der Waals surface area contributed by atoms with Gasteiger partial charge in [-0.25, -0.2) is 9.59 Å². The van der Waals surface area contributed by atoms with Crippen LogP contribution >= 0.6 is 0 Å². The molecule has 2 rings (SSSR count). The summed E-state index contributed by atoms with van der Waals surface area (Å²) in [5.41, 5.74) is 2.40. The quantitative estimate of drug-likeness (QED) is 0.341. The van der Waals surface area contributed by atoms with Crippen molar-refractivity contribution in [2.45, 2.75) is 84.3 Å². The molecule has 0 aromatic carbocycles. The lowest BCUT2D eigenvalue weighted by Gasteiger charge is -2.41. The van der Waals surface area contributed by atoms with Gasteiger partial charge in [0.2, 0.25) is 5.88 Å². The molecule has 0 bridgehead atoms. The number of ketones is 2. The minimum absolute atomic E-state index is 0.0857. The number of aliphatic carboxylic acids is 1. The number of likely N-dealkylation sites (tertiary alicyclic amines) is 1. The maximum Gasteiger partial charge on any atom is 0.452 e. The van der Waals surface area contributed by atoms with Crippen molar-refractivity contribution >= 4 is 29.5 Å². The van der Waals surface area contributed by atoms with Gasteiger partial charge in [0, 0.05) is 12.6 Å². The standard InChI is InChI=1S/C24H34F3N5O8/c1-12(2)18(19(37)24(25,26)27)32(22(40)30-8-6-7-14(30)5)20(38)23(28,13(3)4)15(33)9-31-16(34)10-29(21(31)39)11-17(35)36/h10,12-14,18,34H,6-9,11,28H2,1-5H3,(H,35,36)/t14-,18+,23-/m1/s1. The Balaban J connectivity index is 2.66. The SMILES string of the molecule is CC(C)[C@@H](C(=O)C(F)(F)F)N(C(=O)N1CCC[C@H]1C)C(=O)[C@](N)(C(=O)Cn1c(O)cn(CC(=O)O)c1=O)C(C)C. The molecular weight excluding hydrogens is 543 g/mol. The summed E-state index contributed by atoms with van der Waals surface area (Å²) < 4.78 is 42.0. The number of amides is 3. The van der Waals surface area contributed by atoms with E-state index in [0.717, 1.165) is 11.1 Å². The zero-order valence-corrected chi connectivity index (χ0v) is 22.8. The van der Waals surface area contributed by atoms with Crippen molar-refractivity contribution in [3.63, 3.8) is 0 Å². The lowest BCUT2D eigenvalue weighted by atomic mass is 9.80. The van der Waals surface area contributed by atoms with Gasteiger partial charge < -0.3 is 20.8 Å². The van der Waals surface area contributed by atoms with E-state index in [9.17, 15) is 47.0 Å². The highest BCUT2D eigenvalue weighted by molar-refractivity contribution is 6.16. The number of carboxylic acids is 1.